The van der Waals surface area contributed by atoms with Gasteiger partial charge in [0.05, 0.1) is 13.2 Å². The molecule has 0 spiro atoms. The first-order valence-electron chi connectivity index (χ1n) is 4.82. The highest BCUT2D eigenvalue weighted by atomic mass is 32.1. The van der Waals surface area contributed by atoms with Crippen LogP contribution in [-0.4, -0.2) is 29.9 Å². The van der Waals surface area contributed by atoms with Crippen LogP contribution >= 0.6 is 12.2 Å². The summed E-state index contributed by atoms with van der Waals surface area (Å²) < 4.78 is 10.5. The number of aliphatic hydroxyl groups is 1. The van der Waals surface area contributed by atoms with Gasteiger partial charge in [0.15, 0.2) is 0 Å². The molecular weight excluding hydrogens is 226 g/mol. The van der Waals surface area contributed by atoms with Crippen LogP contribution in [0.4, 0.5) is 0 Å². The van der Waals surface area contributed by atoms with E-state index in [0.717, 1.165) is 0 Å². The van der Waals surface area contributed by atoms with Gasteiger partial charge in [-0.2, -0.15) is 0 Å². The van der Waals surface area contributed by atoms with Crippen LogP contribution in [0.3, 0.4) is 0 Å². The Bertz CT molecular complexity index is 379. The van der Waals surface area contributed by atoms with Gasteiger partial charge in [-0.3, -0.25) is 0 Å². The summed E-state index contributed by atoms with van der Waals surface area (Å²) in [7, 11) is 1.55. The van der Waals surface area contributed by atoms with Crippen molar-refractivity contribution in [1.29, 1.82) is 0 Å². The third kappa shape index (κ3) is 3.67. The van der Waals surface area contributed by atoms with Crippen LogP contribution in [0, 0.1) is 0 Å². The first-order chi connectivity index (χ1) is 7.52. The maximum absolute atomic E-state index is 9.11. The second-order valence-corrected chi connectivity index (χ2v) is 3.86. The Balaban J connectivity index is 2.90. The van der Waals surface area contributed by atoms with Crippen molar-refractivity contribution in [1.82, 2.24) is 0 Å². The minimum absolute atomic E-state index is 0.212. The minimum atomic E-state index is -0.528. The second kappa shape index (κ2) is 5.67. The van der Waals surface area contributed by atoms with Gasteiger partial charge in [0.25, 0.3) is 0 Å². The van der Waals surface area contributed by atoms with Crippen LogP contribution in [0.5, 0.6) is 11.5 Å². The third-order valence-corrected chi connectivity index (χ3v) is 2.13. The number of hydrogen-bond acceptors (Lipinski definition) is 4. The lowest BCUT2D eigenvalue weighted by molar-refractivity contribution is 0.122. The van der Waals surface area contributed by atoms with Crippen molar-refractivity contribution < 1.29 is 14.6 Å². The Hall–Kier alpha value is -1.33. The number of thiocarbonyl (C=S) groups is 1. The lowest BCUT2D eigenvalue weighted by Gasteiger charge is -2.11. The summed E-state index contributed by atoms with van der Waals surface area (Å²) in [6.07, 6.45) is -0.528. The fraction of sp³-hybridized carbons (Fsp3) is 0.364. The molecule has 3 N–H and O–H groups in total. The zero-order valence-corrected chi connectivity index (χ0v) is 10.1. The summed E-state index contributed by atoms with van der Waals surface area (Å²) in [4.78, 5) is 0.279. The van der Waals surface area contributed by atoms with E-state index >= 15 is 0 Å². The average molecular weight is 241 g/mol. The lowest BCUT2D eigenvalue weighted by atomic mass is 10.2. The molecule has 0 aliphatic heterocycles. The molecule has 0 bridgehead atoms. The number of hydrogen-bond donors (Lipinski definition) is 2. The highest BCUT2D eigenvalue weighted by Crippen LogP contribution is 2.22. The van der Waals surface area contributed by atoms with E-state index < -0.39 is 6.10 Å². The van der Waals surface area contributed by atoms with Crippen molar-refractivity contribution in [3.63, 3.8) is 0 Å². The van der Waals surface area contributed by atoms with Crippen LogP contribution in [0.15, 0.2) is 18.2 Å². The Morgan fingerprint density at radius 3 is 2.56 bits per heavy atom. The van der Waals surface area contributed by atoms with E-state index in [4.69, 9.17) is 32.5 Å². The number of benzene rings is 1. The van der Waals surface area contributed by atoms with Crippen molar-refractivity contribution >= 4 is 17.2 Å². The van der Waals surface area contributed by atoms with E-state index in [9.17, 15) is 0 Å². The quantitative estimate of drug-likeness (QED) is 0.755. The molecule has 1 aromatic rings. The molecule has 1 aromatic carbocycles. The van der Waals surface area contributed by atoms with Gasteiger partial charge in [-0.25, -0.2) is 0 Å². The fourth-order valence-electron chi connectivity index (χ4n) is 1.13. The molecule has 0 saturated carbocycles. The van der Waals surface area contributed by atoms with E-state index in [2.05, 4.69) is 0 Å². The van der Waals surface area contributed by atoms with Crippen molar-refractivity contribution in [2.45, 2.75) is 13.0 Å². The van der Waals surface area contributed by atoms with E-state index in [1.54, 1.807) is 32.2 Å². The van der Waals surface area contributed by atoms with Gasteiger partial charge in [0, 0.05) is 11.6 Å². The SMILES string of the molecule is COc1cc(OCC(C)O)cc(C(N)=S)c1. The van der Waals surface area contributed by atoms with Crippen molar-refractivity contribution in [2.24, 2.45) is 5.73 Å². The van der Waals surface area contributed by atoms with Crippen LogP contribution in [-0.2, 0) is 0 Å². The van der Waals surface area contributed by atoms with Crippen LogP contribution in [0.25, 0.3) is 0 Å². The van der Waals surface area contributed by atoms with E-state index in [0.29, 0.717) is 17.1 Å². The molecule has 5 heteroatoms. The number of ether oxygens (including phenoxy) is 2. The summed E-state index contributed by atoms with van der Waals surface area (Å²) in [5.41, 5.74) is 6.21. The van der Waals surface area contributed by atoms with Crippen LogP contribution in [0.2, 0.25) is 0 Å². The number of methoxy groups -OCH3 is 1. The second-order valence-electron chi connectivity index (χ2n) is 3.42. The topological polar surface area (TPSA) is 64.7 Å². The van der Waals surface area contributed by atoms with E-state index in [1.165, 1.54) is 0 Å². The van der Waals surface area contributed by atoms with E-state index in [-0.39, 0.29) is 11.6 Å². The molecule has 0 radical (unpaired) electrons. The molecule has 0 fully saturated rings. The Kier molecular flexibility index (Phi) is 4.52. The summed E-state index contributed by atoms with van der Waals surface area (Å²) >= 11 is 4.88. The standard InChI is InChI=1S/C11H15NO3S/c1-7(13)6-15-10-4-8(11(12)16)3-9(5-10)14-2/h3-5,7,13H,6H2,1-2H3,(H2,12,16). The lowest BCUT2D eigenvalue weighted by Crippen LogP contribution is -2.14. The maximum atomic E-state index is 9.11. The highest BCUT2D eigenvalue weighted by Gasteiger charge is 2.05. The Morgan fingerprint density at radius 2 is 2.06 bits per heavy atom. The largest absolute Gasteiger partial charge is 0.497 e. The molecule has 0 aliphatic carbocycles. The van der Waals surface area contributed by atoms with Gasteiger partial charge in [0.2, 0.25) is 0 Å². The van der Waals surface area contributed by atoms with Gasteiger partial charge >= 0.3 is 0 Å². The van der Waals surface area contributed by atoms with Gasteiger partial charge in [-0.15, -0.1) is 0 Å². The van der Waals surface area contributed by atoms with Gasteiger partial charge in [-0.1, -0.05) is 12.2 Å². The summed E-state index contributed by atoms with van der Waals surface area (Å²) in [5, 5.41) is 9.11. The molecule has 1 rings (SSSR count). The zero-order chi connectivity index (χ0) is 12.1. The maximum Gasteiger partial charge on any atom is 0.123 e. The predicted octanol–water partition coefficient (Wildman–Crippen LogP) is 1.09. The van der Waals surface area contributed by atoms with E-state index in [1.807, 2.05) is 0 Å². The zero-order valence-electron chi connectivity index (χ0n) is 9.27. The van der Waals surface area contributed by atoms with Crippen molar-refractivity contribution in [3.8, 4) is 11.5 Å². The number of nitrogens with two attached hydrogens (primary N) is 1. The first kappa shape index (κ1) is 12.7. The molecule has 0 saturated heterocycles. The van der Waals surface area contributed by atoms with Crippen molar-refractivity contribution in [2.75, 3.05) is 13.7 Å². The molecule has 0 aromatic heterocycles. The molecule has 0 aliphatic rings. The molecule has 1 atom stereocenters. The fourth-order valence-corrected chi connectivity index (χ4v) is 1.25. The monoisotopic (exact) mass is 241 g/mol. The van der Waals surface area contributed by atoms with Gasteiger partial charge in [-0.05, 0) is 19.1 Å². The molecule has 0 heterocycles. The smallest absolute Gasteiger partial charge is 0.123 e. The normalized spacial score (nSPS) is 11.9. The minimum Gasteiger partial charge on any atom is -0.497 e. The Labute approximate surface area is 100.0 Å². The molecule has 0 amide bonds. The number of aliphatic hydroxyl groups excluding tert-OH is 1. The first-order valence-corrected chi connectivity index (χ1v) is 5.23. The summed E-state index contributed by atoms with van der Waals surface area (Å²) in [5.74, 6) is 1.19. The average Bonchev–Trinajstić information content (AvgIpc) is 2.25. The van der Waals surface area contributed by atoms with Crippen LogP contribution < -0.4 is 15.2 Å². The molecular formula is C11H15NO3S. The summed E-state index contributed by atoms with van der Waals surface area (Å²) in [6, 6.07) is 5.16. The van der Waals surface area contributed by atoms with Gasteiger partial charge < -0.3 is 20.3 Å². The molecule has 1 unspecified atom stereocenters. The van der Waals surface area contributed by atoms with Gasteiger partial charge in [0.1, 0.15) is 23.1 Å². The predicted molar refractivity (Wildman–Crippen MR) is 66.1 cm³/mol. The van der Waals surface area contributed by atoms with Crippen molar-refractivity contribution in [3.05, 3.63) is 23.8 Å². The molecule has 88 valence electrons. The number of rotatable bonds is 5. The highest BCUT2D eigenvalue weighted by molar-refractivity contribution is 7.80. The molecule has 4 nitrogen and oxygen atoms in total. The molecule has 16 heavy (non-hydrogen) atoms. The Morgan fingerprint density at radius 1 is 1.44 bits per heavy atom. The van der Waals surface area contributed by atoms with Crippen LogP contribution in [0.1, 0.15) is 12.5 Å². The summed E-state index contributed by atoms with van der Waals surface area (Å²) in [6.45, 7) is 1.86. The third-order valence-electron chi connectivity index (χ3n) is 1.89.